The van der Waals surface area contributed by atoms with Gasteiger partial charge in [0, 0.05) is 18.8 Å². The van der Waals surface area contributed by atoms with Crippen molar-refractivity contribution in [3.63, 3.8) is 0 Å². The summed E-state index contributed by atoms with van der Waals surface area (Å²) in [6.45, 7) is 5.84. The van der Waals surface area contributed by atoms with Gasteiger partial charge in [-0.1, -0.05) is 17.7 Å². The largest absolute Gasteiger partial charge is 0.352 e. The molecule has 6 heteroatoms. The van der Waals surface area contributed by atoms with E-state index in [1.54, 1.807) is 6.20 Å². The second kappa shape index (κ2) is 6.99. The van der Waals surface area contributed by atoms with Crippen LogP contribution in [0.3, 0.4) is 0 Å². The summed E-state index contributed by atoms with van der Waals surface area (Å²) in [5.41, 5.74) is 3.45. The Labute approximate surface area is 125 Å². The molecule has 2 N–H and O–H groups in total. The monoisotopic (exact) mass is 286 g/mol. The molecule has 2 aromatic rings. The Morgan fingerprint density at radius 2 is 2.00 bits per heavy atom. The molecule has 112 valence electrons. The summed E-state index contributed by atoms with van der Waals surface area (Å²) < 4.78 is 0. The van der Waals surface area contributed by atoms with E-state index in [9.17, 15) is 0 Å². The van der Waals surface area contributed by atoms with E-state index in [1.807, 2.05) is 20.2 Å². The molecule has 6 nitrogen and oxygen atoms in total. The molecule has 0 saturated carbocycles. The van der Waals surface area contributed by atoms with Crippen molar-refractivity contribution in [1.82, 2.24) is 20.1 Å². The molecule has 0 fully saturated rings. The summed E-state index contributed by atoms with van der Waals surface area (Å²) >= 11 is 0. The first-order valence-corrected chi connectivity index (χ1v) is 6.97. The number of nitrogens with one attached hydrogen (secondary N) is 2. The van der Waals surface area contributed by atoms with E-state index in [2.05, 4.69) is 56.7 Å². The predicted octanol–water partition coefficient (Wildman–Crippen LogP) is 2.21. The molecule has 2 rings (SSSR count). The lowest BCUT2D eigenvalue weighted by atomic mass is 10.1. The van der Waals surface area contributed by atoms with Gasteiger partial charge in [0.1, 0.15) is 0 Å². The molecule has 0 unspecified atom stereocenters. The number of hydrogen-bond donors (Lipinski definition) is 2. The van der Waals surface area contributed by atoms with Crippen molar-refractivity contribution in [2.24, 2.45) is 0 Å². The standard InChI is InChI=1S/C15H22N6/c1-11-5-6-13(12(2)9-11)18-14-10-17-20-15(19-14)16-7-8-21(3)4/h5-6,9-10H,7-8H2,1-4H3,(H2,16,18,19,20). The van der Waals surface area contributed by atoms with E-state index in [4.69, 9.17) is 0 Å². The highest BCUT2D eigenvalue weighted by molar-refractivity contribution is 5.60. The van der Waals surface area contributed by atoms with Crippen LogP contribution in [0.4, 0.5) is 17.5 Å². The van der Waals surface area contributed by atoms with Crippen molar-refractivity contribution < 1.29 is 0 Å². The quantitative estimate of drug-likeness (QED) is 0.848. The van der Waals surface area contributed by atoms with Gasteiger partial charge in [0.25, 0.3) is 0 Å². The fourth-order valence-corrected chi connectivity index (χ4v) is 1.92. The zero-order valence-electron chi connectivity index (χ0n) is 13.0. The number of benzene rings is 1. The van der Waals surface area contributed by atoms with Crippen LogP contribution in [-0.2, 0) is 0 Å². The van der Waals surface area contributed by atoms with Crippen LogP contribution < -0.4 is 10.6 Å². The molecule has 0 aliphatic heterocycles. The van der Waals surface area contributed by atoms with E-state index in [0.717, 1.165) is 18.8 Å². The molecule has 1 heterocycles. The first-order valence-electron chi connectivity index (χ1n) is 6.97. The zero-order chi connectivity index (χ0) is 15.2. The van der Waals surface area contributed by atoms with Crippen LogP contribution in [0, 0.1) is 13.8 Å². The Morgan fingerprint density at radius 3 is 2.71 bits per heavy atom. The van der Waals surface area contributed by atoms with E-state index < -0.39 is 0 Å². The third-order valence-corrected chi connectivity index (χ3v) is 3.05. The Bertz CT molecular complexity index is 596. The number of aryl methyl sites for hydroxylation is 2. The topological polar surface area (TPSA) is 66.0 Å². The van der Waals surface area contributed by atoms with E-state index in [1.165, 1.54) is 11.1 Å². The van der Waals surface area contributed by atoms with Gasteiger partial charge in [-0.15, -0.1) is 5.10 Å². The number of hydrogen-bond acceptors (Lipinski definition) is 6. The van der Waals surface area contributed by atoms with Crippen LogP contribution in [-0.4, -0.2) is 47.3 Å². The lowest BCUT2D eigenvalue weighted by Gasteiger charge is -2.12. The van der Waals surface area contributed by atoms with Gasteiger partial charge in [-0.2, -0.15) is 10.1 Å². The molecule has 1 aromatic heterocycles. The smallest absolute Gasteiger partial charge is 0.244 e. The molecule has 1 aromatic carbocycles. The molecule has 0 aliphatic rings. The molecule has 0 aliphatic carbocycles. The van der Waals surface area contributed by atoms with Crippen molar-refractivity contribution in [3.8, 4) is 0 Å². The van der Waals surface area contributed by atoms with E-state index in [-0.39, 0.29) is 0 Å². The van der Waals surface area contributed by atoms with Gasteiger partial charge in [0.05, 0.1) is 6.20 Å². The number of aromatic nitrogens is 3. The van der Waals surface area contributed by atoms with Crippen LogP contribution in [0.1, 0.15) is 11.1 Å². The molecule has 0 radical (unpaired) electrons. The molecule has 0 spiro atoms. The molecular formula is C15H22N6. The van der Waals surface area contributed by atoms with Gasteiger partial charge in [0.2, 0.25) is 5.95 Å². The highest BCUT2D eigenvalue weighted by Crippen LogP contribution is 2.20. The van der Waals surface area contributed by atoms with Crippen molar-refractivity contribution in [3.05, 3.63) is 35.5 Å². The third-order valence-electron chi connectivity index (χ3n) is 3.05. The first kappa shape index (κ1) is 15.2. The highest BCUT2D eigenvalue weighted by Gasteiger charge is 2.03. The SMILES string of the molecule is Cc1ccc(Nc2cnnc(NCCN(C)C)n2)c(C)c1. The zero-order valence-corrected chi connectivity index (χ0v) is 13.0. The average molecular weight is 286 g/mol. The minimum atomic E-state index is 0.534. The molecule has 0 atom stereocenters. The molecule has 0 bridgehead atoms. The highest BCUT2D eigenvalue weighted by atomic mass is 15.3. The second-order valence-corrected chi connectivity index (χ2v) is 5.34. The Kier molecular flexibility index (Phi) is 5.05. The maximum absolute atomic E-state index is 4.41. The van der Waals surface area contributed by atoms with Crippen molar-refractivity contribution >= 4 is 17.5 Å². The summed E-state index contributed by atoms with van der Waals surface area (Å²) in [5, 5.41) is 14.4. The maximum Gasteiger partial charge on any atom is 0.244 e. The lowest BCUT2D eigenvalue weighted by molar-refractivity contribution is 0.425. The van der Waals surface area contributed by atoms with Gasteiger partial charge < -0.3 is 15.5 Å². The summed E-state index contributed by atoms with van der Waals surface area (Å²) in [6, 6.07) is 6.25. The van der Waals surface area contributed by atoms with Gasteiger partial charge in [-0.25, -0.2) is 0 Å². The normalized spacial score (nSPS) is 10.7. The number of rotatable bonds is 6. The Hall–Kier alpha value is -2.21. The number of anilines is 3. The van der Waals surface area contributed by atoms with Crippen molar-refractivity contribution in [1.29, 1.82) is 0 Å². The minimum absolute atomic E-state index is 0.534. The fourth-order valence-electron chi connectivity index (χ4n) is 1.92. The lowest BCUT2D eigenvalue weighted by Crippen LogP contribution is -2.21. The maximum atomic E-state index is 4.41. The predicted molar refractivity (Wildman–Crippen MR) is 86.1 cm³/mol. The van der Waals surface area contributed by atoms with E-state index >= 15 is 0 Å². The van der Waals surface area contributed by atoms with Crippen LogP contribution in [0.15, 0.2) is 24.4 Å². The van der Waals surface area contributed by atoms with Crippen LogP contribution in [0.25, 0.3) is 0 Å². The van der Waals surface area contributed by atoms with Crippen molar-refractivity contribution in [2.75, 3.05) is 37.8 Å². The van der Waals surface area contributed by atoms with E-state index in [0.29, 0.717) is 11.8 Å². The van der Waals surface area contributed by atoms with Gasteiger partial charge in [0.15, 0.2) is 5.82 Å². The van der Waals surface area contributed by atoms with Crippen LogP contribution in [0.5, 0.6) is 0 Å². The summed E-state index contributed by atoms with van der Waals surface area (Å²) in [7, 11) is 4.05. The van der Waals surface area contributed by atoms with Crippen LogP contribution >= 0.6 is 0 Å². The molecular weight excluding hydrogens is 264 g/mol. The van der Waals surface area contributed by atoms with Gasteiger partial charge in [-0.3, -0.25) is 0 Å². The summed E-state index contributed by atoms with van der Waals surface area (Å²) in [6.07, 6.45) is 1.62. The Balaban J connectivity index is 2.03. The molecule has 0 saturated heterocycles. The fraction of sp³-hybridized carbons (Fsp3) is 0.400. The number of nitrogens with zero attached hydrogens (tertiary/aromatic N) is 4. The first-order chi connectivity index (χ1) is 10.0. The van der Waals surface area contributed by atoms with Crippen LogP contribution in [0.2, 0.25) is 0 Å². The number of likely N-dealkylation sites (N-methyl/N-ethyl adjacent to an activating group) is 1. The van der Waals surface area contributed by atoms with Gasteiger partial charge in [-0.05, 0) is 39.6 Å². The summed E-state index contributed by atoms with van der Waals surface area (Å²) in [4.78, 5) is 6.51. The Morgan fingerprint density at radius 1 is 1.19 bits per heavy atom. The average Bonchev–Trinajstić information content (AvgIpc) is 2.42. The van der Waals surface area contributed by atoms with Crippen molar-refractivity contribution in [2.45, 2.75) is 13.8 Å². The minimum Gasteiger partial charge on any atom is -0.352 e. The second-order valence-electron chi connectivity index (χ2n) is 5.34. The molecule has 0 amide bonds. The van der Waals surface area contributed by atoms with Gasteiger partial charge >= 0.3 is 0 Å². The summed E-state index contributed by atoms with van der Waals surface area (Å²) in [5.74, 6) is 1.22. The third kappa shape index (κ3) is 4.68. The molecule has 21 heavy (non-hydrogen) atoms.